The van der Waals surface area contributed by atoms with Crippen LogP contribution in [-0.2, 0) is 6.54 Å². The predicted molar refractivity (Wildman–Crippen MR) is 94.9 cm³/mol. The Morgan fingerprint density at radius 3 is 2.71 bits per heavy atom. The lowest BCUT2D eigenvalue weighted by Gasteiger charge is -2.22. The highest BCUT2D eigenvalue weighted by molar-refractivity contribution is 5.97. The highest BCUT2D eigenvalue weighted by Crippen LogP contribution is 2.23. The Bertz CT molecular complexity index is 736. The fourth-order valence-corrected chi connectivity index (χ4v) is 3.54. The fraction of sp³-hybridized carbons (Fsp3) is 0.611. The van der Waals surface area contributed by atoms with E-state index in [0.29, 0.717) is 23.4 Å². The molecule has 0 aliphatic carbocycles. The average molecular weight is 329 g/mol. The lowest BCUT2D eigenvalue weighted by atomic mass is 10.1. The van der Waals surface area contributed by atoms with Crippen molar-refractivity contribution in [2.45, 2.75) is 33.4 Å². The van der Waals surface area contributed by atoms with E-state index in [1.165, 1.54) is 0 Å². The van der Waals surface area contributed by atoms with Crippen LogP contribution in [-0.4, -0.2) is 63.7 Å². The van der Waals surface area contributed by atoms with Crippen LogP contribution in [0.3, 0.4) is 0 Å². The summed E-state index contributed by atoms with van der Waals surface area (Å²) >= 11 is 0. The van der Waals surface area contributed by atoms with Gasteiger partial charge in [0.25, 0.3) is 5.91 Å². The smallest absolute Gasteiger partial charge is 0.255 e. The Kier molecular flexibility index (Phi) is 4.58. The van der Waals surface area contributed by atoms with E-state index in [2.05, 4.69) is 49.8 Å². The first-order chi connectivity index (χ1) is 11.4. The molecule has 3 heterocycles. The highest BCUT2D eigenvalue weighted by atomic mass is 16.2. The molecule has 3 rings (SSSR count). The van der Waals surface area contributed by atoms with Crippen LogP contribution in [0, 0.1) is 11.8 Å². The summed E-state index contributed by atoms with van der Waals surface area (Å²) in [6, 6.07) is 2.33. The second kappa shape index (κ2) is 6.51. The minimum Gasteiger partial charge on any atom is -0.337 e. The lowest BCUT2D eigenvalue weighted by molar-refractivity contribution is 0.0781. The van der Waals surface area contributed by atoms with Gasteiger partial charge in [0, 0.05) is 37.3 Å². The maximum absolute atomic E-state index is 12.8. The molecule has 0 radical (unpaired) electrons. The number of rotatable bonds is 4. The minimum absolute atomic E-state index is 0.0669. The Hall–Kier alpha value is -1.95. The molecule has 0 spiro atoms. The van der Waals surface area contributed by atoms with Gasteiger partial charge < -0.3 is 9.80 Å². The van der Waals surface area contributed by atoms with Crippen LogP contribution in [0.1, 0.15) is 31.1 Å². The number of fused-ring (bicyclic) bond motifs is 1. The first-order valence-electron chi connectivity index (χ1n) is 8.64. The molecule has 1 fully saturated rings. The highest BCUT2D eigenvalue weighted by Gasteiger charge is 2.34. The monoisotopic (exact) mass is 329 g/mol. The number of likely N-dealkylation sites (N-methyl/N-ethyl adjacent to an activating group) is 1. The van der Waals surface area contributed by atoms with E-state index in [4.69, 9.17) is 0 Å². The third-order valence-corrected chi connectivity index (χ3v) is 4.78. The summed E-state index contributed by atoms with van der Waals surface area (Å²) in [6.07, 6.45) is 3.49. The summed E-state index contributed by atoms with van der Waals surface area (Å²) in [5, 5.41) is 5.33. The van der Waals surface area contributed by atoms with Crippen molar-refractivity contribution >= 4 is 16.9 Å². The number of carbonyl (C=O) groups excluding carboxylic acids is 1. The van der Waals surface area contributed by atoms with Gasteiger partial charge in [-0.05, 0) is 32.0 Å². The molecule has 0 N–H and O–H groups in total. The molecule has 2 aromatic rings. The molecule has 1 aliphatic heterocycles. The largest absolute Gasteiger partial charge is 0.337 e. The van der Waals surface area contributed by atoms with Gasteiger partial charge in [-0.25, -0.2) is 9.67 Å². The van der Waals surface area contributed by atoms with E-state index in [9.17, 15) is 4.79 Å². The molecule has 1 saturated heterocycles. The van der Waals surface area contributed by atoms with Crippen molar-refractivity contribution in [3.63, 3.8) is 0 Å². The van der Waals surface area contributed by atoms with Crippen molar-refractivity contribution in [1.82, 2.24) is 24.6 Å². The van der Waals surface area contributed by atoms with Crippen LogP contribution < -0.4 is 0 Å². The van der Waals surface area contributed by atoms with Gasteiger partial charge in [-0.3, -0.25) is 4.79 Å². The van der Waals surface area contributed by atoms with Crippen molar-refractivity contribution in [1.29, 1.82) is 0 Å². The van der Waals surface area contributed by atoms with Gasteiger partial charge >= 0.3 is 0 Å². The topological polar surface area (TPSA) is 54.3 Å². The van der Waals surface area contributed by atoms with Crippen LogP contribution in [0.4, 0.5) is 0 Å². The standard InChI is InChI=1S/C18H27N5O/c1-12(2)9-23-17-14(8-20-23)6-15(7-19-17)18(24)22-10-13(3)16(11-22)21(4)5/h6-8,12-13,16H,9-11H2,1-5H3/t13-,16-/m1/s1. The SMILES string of the molecule is CC(C)Cn1ncc2cc(C(=O)N3C[C@@H](C)[C@H](N(C)C)C3)cnc21. The van der Waals surface area contributed by atoms with Gasteiger partial charge in [0.15, 0.2) is 5.65 Å². The lowest BCUT2D eigenvalue weighted by Crippen LogP contribution is -2.35. The molecule has 1 aliphatic rings. The van der Waals surface area contributed by atoms with Crippen molar-refractivity contribution < 1.29 is 4.79 Å². The number of pyridine rings is 1. The summed E-state index contributed by atoms with van der Waals surface area (Å²) < 4.78 is 1.91. The van der Waals surface area contributed by atoms with Crippen molar-refractivity contribution in [2.75, 3.05) is 27.2 Å². The summed E-state index contributed by atoms with van der Waals surface area (Å²) in [4.78, 5) is 21.5. The molecule has 0 bridgehead atoms. The Morgan fingerprint density at radius 1 is 1.33 bits per heavy atom. The van der Waals surface area contributed by atoms with Gasteiger partial charge in [0.1, 0.15) is 0 Å². The zero-order chi connectivity index (χ0) is 17.4. The van der Waals surface area contributed by atoms with E-state index >= 15 is 0 Å². The summed E-state index contributed by atoms with van der Waals surface area (Å²) in [5.41, 5.74) is 1.50. The second-order valence-electron chi connectivity index (χ2n) is 7.58. The van der Waals surface area contributed by atoms with E-state index < -0.39 is 0 Å². The van der Waals surface area contributed by atoms with Crippen LogP contribution in [0.25, 0.3) is 11.0 Å². The van der Waals surface area contributed by atoms with Crippen molar-refractivity contribution in [2.24, 2.45) is 11.8 Å². The molecule has 0 aromatic carbocycles. The van der Waals surface area contributed by atoms with E-state index in [-0.39, 0.29) is 5.91 Å². The third-order valence-electron chi connectivity index (χ3n) is 4.78. The van der Waals surface area contributed by atoms with E-state index in [0.717, 1.165) is 30.7 Å². The number of hydrogen-bond acceptors (Lipinski definition) is 4. The minimum atomic E-state index is 0.0669. The molecule has 0 saturated carbocycles. The Balaban J connectivity index is 1.81. The number of likely N-dealkylation sites (tertiary alicyclic amines) is 1. The summed E-state index contributed by atoms with van der Waals surface area (Å²) in [6.45, 7) is 8.92. The van der Waals surface area contributed by atoms with E-state index in [1.807, 2.05) is 15.6 Å². The maximum atomic E-state index is 12.8. The Labute approximate surface area is 143 Å². The molecule has 24 heavy (non-hydrogen) atoms. The van der Waals surface area contributed by atoms with Crippen LogP contribution in [0.2, 0.25) is 0 Å². The number of nitrogens with zero attached hydrogens (tertiary/aromatic N) is 5. The zero-order valence-electron chi connectivity index (χ0n) is 15.2. The van der Waals surface area contributed by atoms with Gasteiger partial charge in [-0.1, -0.05) is 20.8 Å². The molecule has 6 heteroatoms. The van der Waals surface area contributed by atoms with Gasteiger partial charge in [-0.2, -0.15) is 5.10 Å². The molecule has 1 amide bonds. The fourth-order valence-electron chi connectivity index (χ4n) is 3.54. The summed E-state index contributed by atoms with van der Waals surface area (Å²) in [5.74, 6) is 1.05. The Morgan fingerprint density at radius 2 is 2.08 bits per heavy atom. The second-order valence-corrected chi connectivity index (χ2v) is 7.58. The average Bonchev–Trinajstić information content (AvgIpc) is 3.09. The van der Waals surface area contributed by atoms with E-state index in [1.54, 1.807) is 12.4 Å². The summed E-state index contributed by atoms with van der Waals surface area (Å²) in [7, 11) is 4.15. The normalized spacial score (nSPS) is 21.4. The molecular formula is C18H27N5O. The predicted octanol–water partition coefficient (Wildman–Crippen LogP) is 2.11. The molecule has 2 atom stereocenters. The van der Waals surface area contributed by atoms with Crippen LogP contribution in [0.15, 0.2) is 18.5 Å². The first-order valence-corrected chi connectivity index (χ1v) is 8.64. The van der Waals surface area contributed by atoms with Gasteiger partial charge in [0.05, 0.1) is 11.8 Å². The zero-order valence-corrected chi connectivity index (χ0v) is 15.2. The van der Waals surface area contributed by atoms with Gasteiger partial charge in [0.2, 0.25) is 0 Å². The number of aromatic nitrogens is 3. The number of amides is 1. The van der Waals surface area contributed by atoms with Crippen molar-refractivity contribution in [3.8, 4) is 0 Å². The molecule has 6 nitrogen and oxygen atoms in total. The van der Waals surface area contributed by atoms with Crippen molar-refractivity contribution in [3.05, 3.63) is 24.0 Å². The van der Waals surface area contributed by atoms with Gasteiger partial charge in [-0.15, -0.1) is 0 Å². The first kappa shape index (κ1) is 16.9. The molecular weight excluding hydrogens is 302 g/mol. The number of carbonyl (C=O) groups is 1. The molecule has 0 unspecified atom stereocenters. The molecule has 130 valence electrons. The third kappa shape index (κ3) is 3.15. The quantitative estimate of drug-likeness (QED) is 0.862. The van der Waals surface area contributed by atoms with Crippen LogP contribution in [0.5, 0.6) is 0 Å². The maximum Gasteiger partial charge on any atom is 0.255 e. The number of hydrogen-bond donors (Lipinski definition) is 0. The van der Waals surface area contributed by atoms with Crippen LogP contribution >= 0.6 is 0 Å². The molecule has 2 aromatic heterocycles.